The maximum atomic E-state index is 2.43. The fourth-order valence-electron chi connectivity index (χ4n) is 3.36. The fraction of sp³-hybridized carbons (Fsp3) is 0.250. The van der Waals surface area contributed by atoms with Crippen LogP contribution in [0, 0.1) is 0 Å². The number of para-hydroxylation sites is 4. The van der Waals surface area contributed by atoms with Crippen LogP contribution in [0.4, 0.5) is 22.7 Å². The summed E-state index contributed by atoms with van der Waals surface area (Å²) in [6.45, 7) is 6.46. The first-order chi connectivity index (χ1) is 12.8. The third kappa shape index (κ3) is 4.08. The van der Waals surface area contributed by atoms with Crippen LogP contribution in [-0.2, 0) is 0 Å². The van der Waals surface area contributed by atoms with Gasteiger partial charge in [-0.1, -0.05) is 62.4 Å². The number of rotatable bonds is 8. The van der Waals surface area contributed by atoms with Crippen molar-refractivity contribution in [3.63, 3.8) is 0 Å². The highest BCUT2D eigenvalue weighted by atomic mass is 15.2. The van der Waals surface area contributed by atoms with Crippen molar-refractivity contribution in [3.8, 4) is 0 Å². The van der Waals surface area contributed by atoms with E-state index >= 15 is 0 Å². The summed E-state index contributed by atoms with van der Waals surface area (Å²) in [4.78, 5) is 4.86. The van der Waals surface area contributed by atoms with E-state index in [4.69, 9.17) is 0 Å². The molecule has 0 unspecified atom stereocenters. The van der Waals surface area contributed by atoms with Crippen molar-refractivity contribution >= 4 is 22.7 Å². The summed E-state index contributed by atoms with van der Waals surface area (Å²) in [6, 6.07) is 30.1. The van der Waals surface area contributed by atoms with Gasteiger partial charge in [0, 0.05) is 24.5 Å². The Bertz CT molecular complexity index is 715. The molecule has 0 aliphatic rings. The number of anilines is 4. The zero-order valence-corrected chi connectivity index (χ0v) is 15.8. The van der Waals surface area contributed by atoms with E-state index in [0.717, 1.165) is 25.9 Å². The predicted octanol–water partition coefficient (Wildman–Crippen LogP) is 6.78. The van der Waals surface area contributed by atoms with E-state index < -0.39 is 0 Å². The van der Waals surface area contributed by atoms with Crippen LogP contribution in [0.5, 0.6) is 0 Å². The topological polar surface area (TPSA) is 6.48 Å². The molecule has 134 valence electrons. The Kier molecular flexibility index (Phi) is 6.32. The Morgan fingerprint density at radius 1 is 0.500 bits per heavy atom. The van der Waals surface area contributed by atoms with E-state index in [9.17, 15) is 0 Å². The highest BCUT2D eigenvalue weighted by Gasteiger charge is 2.17. The number of nitrogens with zero attached hydrogens (tertiary/aromatic N) is 2. The van der Waals surface area contributed by atoms with E-state index in [1.54, 1.807) is 0 Å². The zero-order valence-electron chi connectivity index (χ0n) is 15.8. The third-order valence-electron chi connectivity index (χ3n) is 4.49. The Hall–Kier alpha value is -2.74. The minimum Gasteiger partial charge on any atom is -0.340 e. The molecule has 0 heterocycles. The number of hydrogen-bond acceptors (Lipinski definition) is 2. The summed E-state index contributed by atoms with van der Waals surface area (Å²) >= 11 is 0. The first-order valence-corrected chi connectivity index (χ1v) is 9.59. The molecule has 0 aliphatic heterocycles. The van der Waals surface area contributed by atoms with Gasteiger partial charge in [-0.3, -0.25) is 0 Å². The standard InChI is InChI=1S/C24H28N2/c1-3-19-25(21-13-7-5-8-14-21)23-17-11-12-18-24(23)26(20-4-2)22-15-9-6-10-16-22/h5-18H,3-4,19-20H2,1-2H3. The molecule has 26 heavy (non-hydrogen) atoms. The molecule has 0 saturated carbocycles. The molecule has 0 bridgehead atoms. The Morgan fingerprint density at radius 3 is 1.19 bits per heavy atom. The monoisotopic (exact) mass is 344 g/mol. The van der Waals surface area contributed by atoms with E-state index in [1.807, 2.05) is 0 Å². The lowest BCUT2D eigenvalue weighted by Crippen LogP contribution is -2.24. The van der Waals surface area contributed by atoms with Crippen LogP contribution in [0.15, 0.2) is 84.9 Å². The molecule has 0 aromatic heterocycles. The van der Waals surface area contributed by atoms with Crippen LogP contribution < -0.4 is 9.80 Å². The van der Waals surface area contributed by atoms with Gasteiger partial charge in [0.2, 0.25) is 0 Å². The third-order valence-corrected chi connectivity index (χ3v) is 4.49. The summed E-state index contributed by atoms with van der Waals surface area (Å²) in [5.41, 5.74) is 5.01. The second-order valence-electron chi connectivity index (χ2n) is 6.46. The largest absolute Gasteiger partial charge is 0.340 e. The van der Waals surface area contributed by atoms with Gasteiger partial charge in [-0.2, -0.15) is 0 Å². The van der Waals surface area contributed by atoms with Gasteiger partial charge in [-0.15, -0.1) is 0 Å². The molecule has 0 radical (unpaired) electrons. The number of benzene rings is 3. The van der Waals surface area contributed by atoms with Crippen molar-refractivity contribution < 1.29 is 0 Å². The van der Waals surface area contributed by atoms with Gasteiger partial charge in [0.15, 0.2) is 0 Å². The van der Waals surface area contributed by atoms with E-state index in [-0.39, 0.29) is 0 Å². The SMILES string of the molecule is CCCN(c1ccccc1)c1ccccc1N(CCC)c1ccccc1. The summed E-state index contributed by atoms with van der Waals surface area (Å²) in [7, 11) is 0. The van der Waals surface area contributed by atoms with Crippen molar-refractivity contribution in [1.29, 1.82) is 0 Å². The Morgan fingerprint density at radius 2 is 0.846 bits per heavy atom. The summed E-state index contributed by atoms with van der Waals surface area (Å²) in [6.07, 6.45) is 2.20. The van der Waals surface area contributed by atoms with Gasteiger partial charge in [0.05, 0.1) is 11.4 Å². The molecular weight excluding hydrogens is 316 g/mol. The average molecular weight is 345 g/mol. The van der Waals surface area contributed by atoms with Gasteiger partial charge in [0.25, 0.3) is 0 Å². The normalized spacial score (nSPS) is 10.5. The van der Waals surface area contributed by atoms with Crippen molar-refractivity contribution in [3.05, 3.63) is 84.9 Å². The minimum atomic E-state index is 0.996. The number of hydrogen-bond donors (Lipinski definition) is 0. The van der Waals surface area contributed by atoms with Gasteiger partial charge < -0.3 is 9.80 Å². The molecule has 0 saturated heterocycles. The Balaban J connectivity index is 2.08. The Labute approximate surface area is 157 Å². The molecule has 3 rings (SSSR count). The van der Waals surface area contributed by atoms with E-state index in [1.165, 1.54) is 22.7 Å². The highest BCUT2D eigenvalue weighted by Crippen LogP contribution is 2.37. The molecule has 0 N–H and O–H groups in total. The molecule has 3 aromatic carbocycles. The van der Waals surface area contributed by atoms with Crippen LogP contribution in [-0.4, -0.2) is 13.1 Å². The van der Waals surface area contributed by atoms with E-state index in [2.05, 4.69) is 109 Å². The predicted molar refractivity (Wildman–Crippen MR) is 114 cm³/mol. The first kappa shape index (κ1) is 18.1. The molecule has 3 aromatic rings. The molecule has 2 nitrogen and oxygen atoms in total. The molecule has 0 aliphatic carbocycles. The highest BCUT2D eigenvalue weighted by molar-refractivity contribution is 5.81. The molecule has 0 atom stereocenters. The molecule has 0 spiro atoms. The van der Waals surface area contributed by atoms with Crippen LogP contribution in [0.3, 0.4) is 0 Å². The molecule has 2 heteroatoms. The van der Waals surface area contributed by atoms with E-state index in [0.29, 0.717) is 0 Å². The van der Waals surface area contributed by atoms with Gasteiger partial charge in [0.1, 0.15) is 0 Å². The summed E-state index contributed by atoms with van der Waals surface area (Å²) in [5, 5.41) is 0. The lowest BCUT2D eigenvalue weighted by molar-refractivity contribution is 0.863. The fourth-order valence-corrected chi connectivity index (χ4v) is 3.36. The van der Waals surface area contributed by atoms with Gasteiger partial charge in [-0.05, 0) is 49.2 Å². The van der Waals surface area contributed by atoms with Crippen LogP contribution in [0.25, 0.3) is 0 Å². The smallest absolute Gasteiger partial charge is 0.0652 e. The second-order valence-corrected chi connectivity index (χ2v) is 6.46. The van der Waals surface area contributed by atoms with Crippen LogP contribution >= 0.6 is 0 Å². The lowest BCUT2D eigenvalue weighted by Gasteiger charge is -2.32. The lowest BCUT2D eigenvalue weighted by atomic mass is 10.1. The van der Waals surface area contributed by atoms with Gasteiger partial charge >= 0.3 is 0 Å². The quantitative estimate of drug-likeness (QED) is 0.444. The van der Waals surface area contributed by atoms with Crippen LogP contribution in [0.2, 0.25) is 0 Å². The first-order valence-electron chi connectivity index (χ1n) is 9.59. The minimum absolute atomic E-state index is 0.996. The molecule has 0 amide bonds. The van der Waals surface area contributed by atoms with Crippen LogP contribution in [0.1, 0.15) is 26.7 Å². The van der Waals surface area contributed by atoms with Crippen molar-refractivity contribution in [2.24, 2.45) is 0 Å². The average Bonchev–Trinajstić information content (AvgIpc) is 2.72. The maximum absolute atomic E-state index is 2.43. The summed E-state index contributed by atoms with van der Waals surface area (Å²) in [5.74, 6) is 0. The zero-order chi connectivity index (χ0) is 18.2. The van der Waals surface area contributed by atoms with Crippen molar-refractivity contribution in [2.75, 3.05) is 22.9 Å². The maximum Gasteiger partial charge on any atom is 0.0652 e. The van der Waals surface area contributed by atoms with Crippen molar-refractivity contribution in [1.82, 2.24) is 0 Å². The summed E-state index contributed by atoms with van der Waals surface area (Å²) < 4.78 is 0. The second kappa shape index (κ2) is 9.10. The molecular formula is C24H28N2. The van der Waals surface area contributed by atoms with Gasteiger partial charge in [-0.25, -0.2) is 0 Å². The molecule has 0 fully saturated rings. The van der Waals surface area contributed by atoms with Crippen molar-refractivity contribution in [2.45, 2.75) is 26.7 Å².